The molecule has 0 aliphatic rings. The van der Waals surface area contributed by atoms with Crippen molar-refractivity contribution in [1.29, 1.82) is 0 Å². The molecule has 0 aliphatic heterocycles. The minimum Gasteiger partial charge on any atom is -0.380 e. The second kappa shape index (κ2) is 5.67. The van der Waals surface area contributed by atoms with Crippen LogP contribution in [0.3, 0.4) is 0 Å². The van der Waals surface area contributed by atoms with E-state index >= 15 is 0 Å². The van der Waals surface area contributed by atoms with Crippen molar-refractivity contribution in [3.8, 4) is 0 Å². The molecule has 90 valence electrons. The molecule has 18 heavy (non-hydrogen) atoms. The molecule has 0 saturated carbocycles. The number of amidine groups is 1. The van der Waals surface area contributed by atoms with Crippen LogP contribution >= 0.6 is 0 Å². The van der Waals surface area contributed by atoms with Crippen LogP contribution in [0.5, 0.6) is 0 Å². The lowest BCUT2D eigenvalue weighted by Gasteiger charge is -1.98. The summed E-state index contributed by atoms with van der Waals surface area (Å²) in [6.45, 7) is 1.83. The maximum Gasteiger partial charge on any atom is 0.171 e. The topological polar surface area (TPSA) is 76.5 Å². The summed E-state index contributed by atoms with van der Waals surface area (Å²) in [7, 11) is 0. The van der Waals surface area contributed by atoms with Gasteiger partial charge in [-0.15, -0.1) is 5.10 Å². The van der Waals surface area contributed by atoms with E-state index in [0.29, 0.717) is 11.4 Å². The van der Waals surface area contributed by atoms with E-state index in [1.165, 1.54) is 0 Å². The molecular weight excluding hydrogens is 226 g/mol. The first-order valence-electron chi connectivity index (χ1n) is 5.48. The molecule has 2 aromatic heterocycles. The van der Waals surface area contributed by atoms with Crippen LogP contribution in [0.25, 0.3) is 0 Å². The van der Waals surface area contributed by atoms with Gasteiger partial charge in [0.05, 0.1) is 11.4 Å². The van der Waals surface area contributed by atoms with E-state index in [1.54, 1.807) is 18.5 Å². The van der Waals surface area contributed by atoms with Crippen molar-refractivity contribution in [2.24, 2.45) is 15.9 Å². The third-order valence-electron chi connectivity index (χ3n) is 2.27. The van der Waals surface area contributed by atoms with Gasteiger partial charge in [-0.05, 0) is 31.2 Å². The molecule has 0 amide bonds. The Hall–Kier alpha value is -2.56. The molecule has 0 spiro atoms. The van der Waals surface area contributed by atoms with E-state index in [2.05, 4.69) is 20.2 Å². The number of nitrogens with two attached hydrogens (primary N) is 1. The summed E-state index contributed by atoms with van der Waals surface area (Å²) in [5.41, 5.74) is 7.86. The first kappa shape index (κ1) is 11.9. The van der Waals surface area contributed by atoms with Crippen molar-refractivity contribution in [2.45, 2.75) is 6.92 Å². The maximum atomic E-state index is 5.78. The third-order valence-corrected chi connectivity index (χ3v) is 2.27. The maximum absolute atomic E-state index is 5.78. The van der Waals surface area contributed by atoms with Gasteiger partial charge in [-0.1, -0.05) is 12.1 Å². The van der Waals surface area contributed by atoms with Gasteiger partial charge < -0.3 is 5.73 Å². The first-order chi connectivity index (χ1) is 8.77. The number of hydrogen-bond acceptors (Lipinski definition) is 4. The average molecular weight is 239 g/mol. The number of pyridine rings is 2. The van der Waals surface area contributed by atoms with Crippen LogP contribution in [-0.4, -0.2) is 21.5 Å². The Labute approximate surface area is 105 Å². The van der Waals surface area contributed by atoms with Crippen molar-refractivity contribution < 1.29 is 0 Å². The van der Waals surface area contributed by atoms with Crippen LogP contribution in [0.2, 0.25) is 0 Å². The second-order valence-corrected chi connectivity index (χ2v) is 3.60. The van der Waals surface area contributed by atoms with Gasteiger partial charge in [0.15, 0.2) is 5.84 Å². The molecule has 2 N–H and O–H groups in total. The quantitative estimate of drug-likeness (QED) is 0.502. The minimum absolute atomic E-state index is 0.283. The fourth-order valence-electron chi connectivity index (χ4n) is 1.32. The van der Waals surface area contributed by atoms with Crippen LogP contribution in [0.1, 0.15) is 18.3 Å². The predicted octanol–water partition coefficient (Wildman–Crippen LogP) is 1.61. The molecule has 0 radical (unpaired) electrons. The van der Waals surface area contributed by atoms with Gasteiger partial charge in [0, 0.05) is 12.4 Å². The highest BCUT2D eigenvalue weighted by Gasteiger charge is 1.99. The third kappa shape index (κ3) is 2.98. The van der Waals surface area contributed by atoms with E-state index in [-0.39, 0.29) is 5.84 Å². The highest BCUT2D eigenvalue weighted by molar-refractivity contribution is 5.99. The van der Waals surface area contributed by atoms with E-state index < -0.39 is 0 Å². The zero-order valence-electron chi connectivity index (χ0n) is 9.99. The van der Waals surface area contributed by atoms with Gasteiger partial charge in [0.1, 0.15) is 5.69 Å². The fourth-order valence-corrected chi connectivity index (χ4v) is 1.32. The lowest BCUT2D eigenvalue weighted by atomic mass is 10.3. The van der Waals surface area contributed by atoms with Crippen molar-refractivity contribution in [2.75, 3.05) is 0 Å². The predicted molar refractivity (Wildman–Crippen MR) is 71.4 cm³/mol. The zero-order valence-corrected chi connectivity index (χ0v) is 9.99. The molecule has 0 atom stereocenters. The van der Waals surface area contributed by atoms with Gasteiger partial charge in [-0.2, -0.15) is 5.10 Å². The standard InChI is InChI=1S/C13H13N5/c1-10(11-6-2-4-8-15-11)17-18-13(14)12-7-3-5-9-16-12/h2-9H,1H3,(H2,14,18)/b17-10+. The summed E-state index contributed by atoms with van der Waals surface area (Å²) in [5.74, 6) is 0.283. The molecule has 2 heterocycles. The van der Waals surface area contributed by atoms with Crippen LogP contribution in [-0.2, 0) is 0 Å². The summed E-state index contributed by atoms with van der Waals surface area (Å²) in [4.78, 5) is 8.26. The molecule has 0 aliphatic carbocycles. The summed E-state index contributed by atoms with van der Waals surface area (Å²) >= 11 is 0. The Morgan fingerprint density at radius 1 is 0.944 bits per heavy atom. The lowest BCUT2D eigenvalue weighted by molar-refractivity contribution is 1.17. The zero-order chi connectivity index (χ0) is 12.8. The van der Waals surface area contributed by atoms with Crippen molar-refractivity contribution >= 4 is 11.5 Å². The Morgan fingerprint density at radius 2 is 1.56 bits per heavy atom. The normalized spacial score (nSPS) is 12.5. The number of nitrogens with zero attached hydrogens (tertiary/aromatic N) is 4. The molecule has 2 aromatic rings. The molecule has 0 fully saturated rings. The minimum atomic E-state index is 0.283. The van der Waals surface area contributed by atoms with Gasteiger partial charge in [0.25, 0.3) is 0 Å². The number of rotatable bonds is 3. The van der Waals surface area contributed by atoms with Crippen LogP contribution in [0.15, 0.2) is 59.0 Å². The Morgan fingerprint density at radius 3 is 2.11 bits per heavy atom. The van der Waals surface area contributed by atoms with E-state index in [9.17, 15) is 0 Å². The largest absolute Gasteiger partial charge is 0.380 e. The van der Waals surface area contributed by atoms with Gasteiger partial charge in [0.2, 0.25) is 0 Å². The molecule has 0 bridgehead atoms. The molecule has 5 heteroatoms. The summed E-state index contributed by atoms with van der Waals surface area (Å²) in [6, 6.07) is 11.1. The van der Waals surface area contributed by atoms with Crippen LogP contribution < -0.4 is 5.73 Å². The Balaban J connectivity index is 2.20. The van der Waals surface area contributed by atoms with Crippen molar-refractivity contribution in [1.82, 2.24) is 9.97 Å². The van der Waals surface area contributed by atoms with Gasteiger partial charge in [-0.25, -0.2) is 0 Å². The van der Waals surface area contributed by atoms with Crippen molar-refractivity contribution in [3.63, 3.8) is 0 Å². The Bertz CT molecular complexity index is 507. The first-order valence-corrected chi connectivity index (χ1v) is 5.48. The second-order valence-electron chi connectivity index (χ2n) is 3.60. The molecule has 2 rings (SSSR count). The Kier molecular flexibility index (Phi) is 3.76. The highest BCUT2D eigenvalue weighted by Crippen LogP contribution is 1.98. The monoisotopic (exact) mass is 239 g/mol. The van der Waals surface area contributed by atoms with E-state index in [0.717, 1.165) is 5.69 Å². The number of hydrogen-bond donors (Lipinski definition) is 1. The lowest BCUT2D eigenvalue weighted by Crippen LogP contribution is -2.14. The van der Waals surface area contributed by atoms with Crippen LogP contribution in [0.4, 0.5) is 0 Å². The summed E-state index contributed by atoms with van der Waals surface area (Å²) in [6.07, 6.45) is 3.37. The van der Waals surface area contributed by atoms with Gasteiger partial charge in [-0.3, -0.25) is 9.97 Å². The fraction of sp³-hybridized carbons (Fsp3) is 0.0769. The SMILES string of the molecule is C/C(=N\N=C(/N)c1ccccn1)c1ccccn1. The molecule has 5 nitrogen and oxygen atoms in total. The smallest absolute Gasteiger partial charge is 0.171 e. The summed E-state index contributed by atoms with van der Waals surface area (Å²) in [5, 5.41) is 8.00. The van der Waals surface area contributed by atoms with Gasteiger partial charge >= 0.3 is 0 Å². The highest BCUT2D eigenvalue weighted by atomic mass is 15.2. The summed E-state index contributed by atoms with van der Waals surface area (Å²) < 4.78 is 0. The van der Waals surface area contributed by atoms with E-state index in [1.807, 2.05) is 37.3 Å². The molecular formula is C13H13N5. The molecule has 0 saturated heterocycles. The molecule has 0 aromatic carbocycles. The number of aromatic nitrogens is 2. The van der Waals surface area contributed by atoms with E-state index in [4.69, 9.17) is 5.73 Å². The average Bonchev–Trinajstić information content (AvgIpc) is 2.46. The van der Waals surface area contributed by atoms with Crippen LogP contribution in [0, 0.1) is 0 Å². The molecule has 0 unspecified atom stereocenters. The van der Waals surface area contributed by atoms with Crippen molar-refractivity contribution in [3.05, 3.63) is 60.2 Å².